The molecule has 4 heterocycles. The molecule has 1 aromatic carbocycles. The molecule has 0 amide bonds. The van der Waals surface area contributed by atoms with Crippen molar-refractivity contribution in [1.29, 1.82) is 0 Å². The number of anilines is 2. The van der Waals surface area contributed by atoms with Crippen molar-refractivity contribution in [3.8, 4) is 11.8 Å². The first kappa shape index (κ1) is 21.3. The van der Waals surface area contributed by atoms with Crippen LogP contribution >= 0.6 is 0 Å². The van der Waals surface area contributed by atoms with Crippen molar-refractivity contribution < 1.29 is 9.13 Å². The summed E-state index contributed by atoms with van der Waals surface area (Å²) in [5.41, 5.74) is 8.15. The lowest BCUT2D eigenvalue weighted by molar-refractivity contribution is 0.326. The van der Waals surface area contributed by atoms with Gasteiger partial charge in [0, 0.05) is 30.9 Å². The van der Waals surface area contributed by atoms with Crippen molar-refractivity contribution in [2.75, 3.05) is 36.9 Å². The summed E-state index contributed by atoms with van der Waals surface area (Å²) in [5, 5.41) is 4.53. The van der Waals surface area contributed by atoms with Gasteiger partial charge >= 0.3 is 6.01 Å². The Morgan fingerprint density at radius 1 is 1.27 bits per heavy atom. The van der Waals surface area contributed by atoms with Crippen LogP contribution in [-0.2, 0) is 0 Å². The zero-order valence-electron chi connectivity index (χ0n) is 18.9. The maximum absolute atomic E-state index is 14.5. The molecule has 0 spiro atoms. The largest absolute Gasteiger partial charge is 0.421 e. The van der Waals surface area contributed by atoms with Gasteiger partial charge in [0.2, 0.25) is 0 Å². The lowest BCUT2D eigenvalue weighted by atomic mass is 9.84. The Hall–Kier alpha value is -3.53. The predicted octanol–water partition coefficient (Wildman–Crippen LogP) is 3.75. The van der Waals surface area contributed by atoms with Gasteiger partial charge in [-0.05, 0) is 38.4 Å². The van der Waals surface area contributed by atoms with Crippen LogP contribution in [-0.4, -0.2) is 51.6 Å². The molecule has 4 aromatic rings. The van der Waals surface area contributed by atoms with Gasteiger partial charge in [-0.2, -0.15) is 9.97 Å². The summed E-state index contributed by atoms with van der Waals surface area (Å²) < 4.78 is 20.4. The quantitative estimate of drug-likeness (QED) is 0.407. The van der Waals surface area contributed by atoms with Gasteiger partial charge < -0.3 is 25.7 Å². The summed E-state index contributed by atoms with van der Waals surface area (Å²) in [6.07, 6.45) is 5.11. The smallest absolute Gasteiger partial charge is 0.326 e. The van der Waals surface area contributed by atoms with Crippen LogP contribution in [0.25, 0.3) is 21.9 Å². The van der Waals surface area contributed by atoms with Gasteiger partial charge in [-0.1, -0.05) is 6.92 Å². The molecule has 33 heavy (non-hydrogen) atoms. The maximum atomic E-state index is 14.5. The number of benzene rings is 1. The van der Waals surface area contributed by atoms with Crippen LogP contribution in [0.1, 0.15) is 25.6 Å². The average molecular weight is 451 g/mol. The molecule has 1 aliphatic rings. The lowest BCUT2D eigenvalue weighted by Crippen LogP contribution is -2.33. The van der Waals surface area contributed by atoms with Crippen LogP contribution in [0.4, 0.5) is 15.9 Å². The van der Waals surface area contributed by atoms with E-state index in [0.29, 0.717) is 35.3 Å². The third kappa shape index (κ3) is 3.70. The molecule has 1 unspecified atom stereocenters. The van der Waals surface area contributed by atoms with Gasteiger partial charge in [-0.25, -0.2) is 14.4 Å². The Bertz CT molecular complexity index is 1320. The van der Waals surface area contributed by atoms with Crippen molar-refractivity contribution in [3.05, 3.63) is 36.2 Å². The highest BCUT2D eigenvalue weighted by atomic mass is 19.1. The van der Waals surface area contributed by atoms with E-state index >= 15 is 0 Å². The van der Waals surface area contributed by atoms with E-state index in [1.54, 1.807) is 26.4 Å². The van der Waals surface area contributed by atoms with Gasteiger partial charge in [-0.3, -0.25) is 0 Å². The molecule has 9 nitrogen and oxygen atoms in total. The standard InChI is InChI=1S/C23H27FN8O/c1-4-23(11-25)5-6-32(12-23)21-18-16-7-14(24)8-17(26-3)19(16)29-20(18)30-22(31-21)33-15-9-27-13(2)28-10-15/h7-10,26H,4-6,11-12,25H2,1-3H3,(H,29,30,31). The molecule has 1 atom stereocenters. The number of aromatic amines is 1. The van der Waals surface area contributed by atoms with E-state index in [0.717, 1.165) is 42.2 Å². The maximum Gasteiger partial charge on any atom is 0.326 e. The number of H-pyrrole nitrogens is 1. The van der Waals surface area contributed by atoms with Gasteiger partial charge in [0.25, 0.3) is 0 Å². The Morgan fingerprint density at radius 2 is 2.06 bits per heavy atom. The van der Waals surface area contributed by atoms with Crippen molar-refractivity contribution in [1.82, 2.24) is 24.9 Å². The first-order chi connectivity index (χ1) is 15.9. The molecule has 4 N–H and O–H groups in total. The Balaban J connectivity index is 1.69. The second-order valence-electron chi connectivity index (χ2n) is 8.60. The molecule has 0 radical (unpaired) electrons. The molecular weight excluding hydrogens is 423 g/mol. The highest BCUT2D eigenvalue weighted by molar-refractivity contribution is 6.14. The molecule has 1 fully saturated rings. The zero-order chi connectivity index (χ0) is 23.2. The van der Waals surface area contributed by atoms with Crippen LogP contribution < -0.4 is 20.7 Å². The number of fused-ring (bicyclic) bond motifs is 3. The van der Waals surface area contributed by atoms with Crippen LogP contribution in [0.5, 0.6) is 11.8 Å². The number of aryl methyl sites for hydroxylation is 1. The first-order valence-electron chi connectivity index (χ1n) is 11.1. The summed E-state index contributed by atoms with van der Waals surface area (Å²) in [6.45, 7) is 6.13. The number of rotatable bonds is 6. The average Bonchev–Trinajstić information content (AvgIpc) is 3.42. The van der Waals surface area contributed by atoms with E-state index in [9.17, 15) is 4.39 Å². The van der Waals surface area contributed by atoms with Crippen molar-refractivity contribution in [3.63, 3.8) is 0 Å². The number of hydrogen-bond donors (Lipinski definition) is 3. The molecule has 0 aliphatic carbocycles. The minimum absolute atomic E-state index is 0.0244. The van der Waals surface area contributed by atoms with Gasteiger partial charge in [0.05, 0.1) is 29.0 Å². The number of hydrogen-bond acceptors (Lipinski definition) is 8. The Labute approximate surface area is 190 Å². The van der Waals surface area contributed by atoms with E-state index in [4.69, 9.17) is 15.5 Å². The third-order valence-corrected chi connectivity index (χ3v) is 6.64. The summed E-state index contributed by atoms with van der Waals surface area (Å²) in [4.78, 5) is 23.3. The van der Waals surface area contributed by atoms with Crippen LogP contribution in [0, 0.1) is 18.2 Å². The summed E-state index contributed by atoms with van der Waals surface area (Å²) in [6, 6.07) is 3.14. The number of aromatic nitrogens is 5. The highest BCUT2D eigenvalue weighted by Crippen LogP contribution is 2.41. The number of nitrogens with one attached hydrogen (secondary N) is 2. The molecule has 0 bridgehead atoms. The summed E-state index contributed by atoms with van der Waals surface area (Å²) in [7, 11) is 1.76. The molecule has 1 saturated heterocycles. The Kier molecular flexibility index (Phi) is 5.24. The minimum Gasteiger partial charge on any atom is -0.421 e. The van der Waals surface area contributed by atoms with E-state index in [2.05, 4.69) is 37.1 Å². The molecule has 5 rings (SSSR count). The molecule has 3 aromatic heterocycles. The Morgan fingerprint density at radius 3 is 2.73 bits per heavy atom. The second kappa shape index (κ2) is 8.11. The predicted molar refractivity (Wildman–Crippen MR) is 126 cm³/mol. The molecule has 172 valence electrons. The normalized spacial score (nSPS) is 18.4. The fraction of sp³-hybridized carbons (Fsp3) is 0.391. The number of nitrogens with zero attached hydrogens (tertiary/aromatic N) is 5. The van der Waals surface area contributed by atoms with E-state index < -0.39 is 0 Å². The van der Waals surface area contributed by atoms with Crippen molar-refractivity contribution >= 4 is 33.4 Å². The SMILES string of the molecule is CCC1(CN)CCN(c2nc(Oc3cnc(C)nc3)nc3[nH]c4c(NC)cc(F)cc4c23)C1. The molecule has 1 aliphatic heterocycles. The fourth-order valence-electron chi connectivity index (χ4n) is 4.55. The van der Waals surface area contributed by atoms with Crippen LogP contribution in [0.3, 0.4) is 0 Å². The zero-order valence-corrected chi connectivity index (χ0v) is 18.9. The van der Waals surface area contributed by atoms with Crippen molar-refractivity contribution in [2.24, 2.45) is 11.1 Å². The highest BCUT2D eigenvalue weighted by Gasteiger charge is 2.37. The van der Waals surface area contributed by atoms with Gasteiger partial charge in [-0.15, -0.1) is 0 Å². The number of ether oxygens (including phenoxy) is 1. The molecule has 10 heteroatoms. The fourth-order valence-corrected chi connectivity index (χ4v) is 4.55. The van der Waals surface area contributed by atoms with E-state index in [1.165, 1.54) is 12.1 Å². The molecule has 0 saturated carbocycles. The third-order valence-electron chi connectivity index (χ3n) is 6.64. The number of nitrogens with two attached hydrogens (primary N) is 1. The van der Waals surface area contributed by atoms with E-state index in [-0.39, 0.29) is 17.2 Å². The van der Waals surface area contributed by atoms with Gasteiger partial charge in [0.1, 0.15) is 23.1 Å². The molecular formula is C23H27FN8O. The van der Waals surface area contributed by atoms with Crippen LogP contribution in [0.15, 0.2) is 24.5 Å². The summed E-state index contributed by atoms with van der Waals surface area (Å²) >= 11 is 0. The van der Waals surface area contributed by atoms with Crippen LogP contribution in [0.2, 0.25) is 0 Å². The van der Waals surface area contributed by atoms with Crippen molar-refractivity contribution in [2.45, 2.75) is 26.7 Å². The number of halogens is 1. The first-order valence-corrected chi connectivity index (χ1v) is 11.1. The minimum atomic E-state index is -0.331. The lowest BCUT2D eigenvalue weighted by Gasteiger charge is -2.26. The monoisotopic (exact) mass is 450 g/mol. The summed E-state index contributed by atoms with van der Waals surface area (Å²) in [5.74, 6) is 1.45. The second-order valence-corrected chi connectivity index (χ2v) is 8.60. The van der Waals surface area contributed by atoms with Gasteiger partial charge in [0.15, 0.2) is 5.75 Å². The topological polar surface area (TPSA) is 118 Å². The van der Waals surface area contributed by atoms with E-state index in [1.807, 2.05) is 0 Å².